The van der Waals surface area contributed by atoms with Gasteiger partial charge in [-0.3, -0.25) is 4.79 Å². The normalized spacial score (nSPS) is 27.5. The van der Waals surface area contributed by atoms with Crippen LogP contribution in [0.5, 0.6) is 0 Å². The smallest absolute Gasteiger partial charge is 0.220 e. The number of allylic oxidation sites excluding steroid dienone is 1. The maximum atomic E-state index is 13.4. The molecule has 0 aliphatic carbocycles. The van der Waals surface area contributed by atoms with Gasteiger partial charge in [-0.25, -0.2) is 0 Å². The molecule has 0 aromatic rings. The minimum atomic E-state index is -1.98. The molecule has 3 saturated heterocycles. The van der Waals surface area contributed by atoms with E-state index in [4.69, 9.17) is 28.4 Å². The highest BCUT2D eigenvalue weighted by atomic mass is 16.8. The first kappa shape index (κ1) is 85.8. The molecular formula is C74H141NO18. The molecule has 0 radical (unpaired) electrons. The number of carbonyl (C=O) groups excluding carboxylic acids is 1. The lowest BCUT2D eigenvalue weighted by molar-refractivity contribution is -0.379. The lowest BCUT2D eigenvalue weighted by Crippen LogP contribution is -2.66. The van der Waals surface area contributed by atoms with E-state index in [1.807, 2.05) is 6.08 Å². The molecule has 0 saturated carbocycles. The highest BCUT2D eigenvalue weighted by Crippen LogP contribution is 2.33. The van der Waals surface area contributed by atoms with E-state index in [1.165, 1.54) is 250 Å². The Balaban J connectivity index is 1.35. The van der Waals surface area contributed by atoms with E-state index in [1.54, 1.807) is 6.08 Å². The van der Waals surface area contributed by atoms with Crippen molar-refractivity contribution in [1.29, 1.82) is 0 Å². The SMILES string of the molecule is CCCCCCCCCCCCCCCC/C=C/C(O)C(COC1OC(CO)C(OC2OC(CO)C(OC3OC(CO)C(O)C(O)C3O)C(O)C2O)C(O)C1O)NC(=O)CCCCCCCCCCCCCCCCCCCCCCCCCCCCCCCCCC. The summed E-state index contributed by atoms with van der Waals surface area (Å²) in [6, 6.07) is -0.969. The molecule has 0 aromatic carbocycles. The first-order valence-corrected chi connectivity index (χ1v) is 38.4. The van der Waals surface area contributed by atoms with Gasteiger partial charge in [-0.1, -0.05) is 309 Å². The van der Waals surface area contributed by atoms with Crippen molar-refractivity contribution >= 4 is 5.91 Å². The maximum Gasteiger partial charge on any atom is 0.220 e. The molecule has 3 aliphatic heterocycles. The molecule has 19 nitrogen and oxygen atoms in total. The standard InChI is InChI=1S/C74H141NO18/c1-3-5-7-9-11-13-15-17-19-21-22-23-24-25-26-27-28-29-30-31-32-33-34-35-36-38-40-42-44-46-48-50-52-62(80)75-57(58(79)51-49-47-45-43-41-39-37-20-18-16-14-12-10-8-6-4-2)56-88-72-68(86)65(83)70(60(54-77)90-72)93-74-69(87)66(84)71(61(55-78)91-74)92-73-67(85)64(82)63(81)59(53-76)89-73/h49,51,57-61,63-74,76-79,81-87H,3-48,50,52-56H2,1-2H3,(H,75,80)/b51-49+. The van der Waals surface area contributed by atoms with Crippen LogP contribution in [-0.4, -0.2) is 193 Å². The second-order valence-corrected chi connectivity index (χ2v) is 27.8. The first-order chi connectivity index (χ1) is 45.3. The molecule has 550 valence electrons. The minimum Gasteiger partial charge on any atom is -0.394 e. The van der Waals surface area contributed by atoms with Crippen LogP contribution in [0, 0.1) is 0 Å². The van der Waals surface area contributed by atoms with Crippen molar-refractivity contribution in [3.05, 3.63) is 12.2 Å². The van der Waals surface area contributed by atoms with Crippen LogP contribution in [0.4, 0.5) is 0 Å². The monoisotopic (exact) mass is 1330 g/mol. The fourth-order valence-electron chi connectivity index (χ4n) is 13.4. The Morgan fingerprint density at radius 2 is 0.667 bits per heavy atom. The van der Waals surface area contributed by atoms with Crippen molar-refractivity contribution in [3.63, 3.8) is 0 Å². The number of aliphatic hydroxyl groups is 11. The summed E-state index contributed by atoms with van der Waals surface area (Å²) in [5.41, 5.74) is 0. The lowest BCUT2D eigenvalue weighted by atomic mass is 9.96. The van der Waals surface area contributed by atoms with E-state index >= 15 is 0 Å². The van der Waals surface area contributed by atoms with E-state index in [-0.39, 0.29) is 18.9 Å². The molecular weight excluding hydrogens is 1190 g/mol. The van der Waals surface area contributed by atoms with Crippen LogP contribution >= 0.6 is 0 Å². The second kappa shape index (κ2) is 56.3. The van der Waals surface area contributed by atoms with Crippen LogP contribution in [0.15, 0.2) is 12.2 Å². The molecule has 19 heteroatoms. The van der Waals surface area contributed by atoms with Crippen LogP contribution in [-0.2, 0) is 33.2 Å². The summed E-state index contributed by atoms with van der Waals surface area (Å²) in [5.74, 6) is -0.268. The van der Waals surface area contributed by atoms with Crippen LogP contribution < -0.4 is 5.32 Å². The zero-order chi connectivity index (χ0) is 67.5. The summed E-state index contributed by atoms with van der Waals surface area (Å²) in [4.78, 5) is 13.4. The molecule has 1 amide bonds. The molecule has 17 atom stereocenters. The Labute approximate surface area is 563 Å². The van der Waals surface area contributed by atoms with Crippen LogP contribution in [0.3, 0.4) is 0 Å². The van der Waals surface area contributed by atoms with Gasteiger partial charge in [0.1, 0.15) is 73.2 Å². The zero-order valence-corrected chi connectivity index (χ0v) is 58.5. The summed E-state index contributed by atoms with van der Waals surface area (Å²) < 4.78 is 34.4. The molecule has 12 N–H and O–H groups in total. The summed E-state index contributed by atoms with van der Waals surface area (Å²) in [6.07, 6.45) is 37.8. The molecule has 0 aromatic heterocycles. The van der Waals surface area contributed by atoms with Gasteiger partial charge in [0.05, 0.1) is 38.6 Å². The van der Waals surface area contributed by atoms with Gasteiger partial charge in [0, 0.05) is 6.42 Å². The van der Waals surface area contributed by atoms with Gasteiger partial charge in [-0.15, -0.1) is 0 Å². The first-order valence-electron chi connectivity index (χ1n) is 38.4. The third-order valence-electron chi connectivity index (χ3n) is 19.6. The maximum absolute atomic E-state index is 13.4. The molecule has 0 spiro atoms. The van der Waals surface area contributed by atoms with E-state index < -0.39 is 124 Å². The lowest BCUT2D eigenvalue weighted by Gasteiger charge is -2.48. The quantitative estimate of drug-likeness (QED) is 0.0199. The Kier molecular flexibility index (Phi) is 51.9. The van der Waals surface area contributed by atoms with Crippen molar-refractivity contribution in [2.45, 2.75) is 426 Å². The van der Waals surface area contributed by atoms with Crippen LogP contribution in [0.1, 0.15) is 322 Å². The number of hydrogen-bond donors (Lipinski definition) is 12. The number of rotatable bonds is 61. The molecule has 3 rings (SSSR count). The van der Waals surface area contributed by atoms with Crippen molar-refractivity contribution in [2.24, 2.45) is 0 Å². The Morgan fingerprint density at radius 3 is 1.01 bits per heavy atom. The van der Waals surface area contributed by atoms with Crippen molar-refractivity contribution < 1.29 is 89.4 Å². The number of unbranched alkanes of at least 4 members (excludes halogenated alkanes) is 45. The third-order valence-corrected chi connectivity index (χ3v) is 19.6. The summed E-state index contributed by atoms with van der Waals surface area (Å²) in [5, 5.41) is 121. The van der Waals surface area contributed by atoms with E-state index in [0.29, 0.717) is 6.42 Å². The summed E-state index contributed by atoms with van der Waals surface area (Å²) >= 11 is 0. The number of carbonyl (C=O) groups is 1. The number of aliphatic hydroxyl groups excluding tert-OH is 11. The van der Waals surface area contributed by atoms with Gasteiger partial charge >= 0.3 is 0 Å². The van der Waals surface area contributed by atoms with Crippen molar-refractivity contribution in [3.8, 4) is 0 Å². The van der Waals surface area contributed by atoms with Gasteiger partial charge in [-0.05, 0) is 19.3 Å². The summed E-state index contributed by atoms with van der Waals surface area (Å²) in [6.45, 7) is 1.78. The highest BCUT2D eigenvalue weighted by Gasteiger charge is 2.53. The molecule has 17 unspecified atom stereocenters. The zero-order valence-electron chi connectivity index (χ0n) is 58.5. The Morgan fingerprint density at radius 1 is 0.376 bits per heavy atom. The topological polar surface area (TPSA) is 307 Å². The van der Waals surface area contributed by atoms with Crippen LogP contribution in [0.2, 0.25) is 0 Å². The summed E-state index contributed by atoms with van der Waals surface area (Å²) in [7, 11) is 0. The number of ether oxygens (including phenoxy) is 6. The van der Waals surface area contributed by atoms with Gasteiger partial charge in [0.25, 0.3) is 0 Å². The fraction of sp³-hybridized carbons (Fsp3) is 0.959. The van der Waals surface area contributed by atoms with Gasteiger partial charge in [-0.2, -0.15) is 0 Å². The van der Waals surface area contributed by atoms with Gasteiger partial charge in [0.2, 0.25) is 5.91 Å². The molecule has 3 aliphatic rings. The average molecular weight is 1330 g/mol. The third kappa shape index (κ3) is 37.5. The molecule has 0 bridgehead atoms. The molecule has 93 heavy (non-hydrogen) atoms. The van der Waals surface area contributed by atoms with Crippen molar-refractivity contribution in [1.82, 2.24) is 5.32 Å². The Bertz CT molecular complexity index is 1730. The molecule has 3 heterocycles. The fourth-order valence-corrected chi connectivity index (χ4v) is 13.4. The highest BCUT2D eigenvalue weighted by molar-refractivity contribution is 5.76. The van der Waals surface area contributed by atoms with E-state index in [9.17, 15) is 61.0 Å². The number of amides is 1. The largest absolute Gasteiger partial charge is 0.394 e. The molecule has 3 fully saturated rings. The minimum absolute atomic E-state index is 0.250. The van der Waals surface area contributed by atoms with Crippen molar-refractivity contribution in [2.75, 3.05) is 26.4 Å². The number of hydrogen-bond acceptors (Lipinski definition) is 18. The second-order valence-electron chi connectivity index (χ2n) is 27.8. The average Bonchev–Trinajstić information content (AvgIpc) is 0.994. The predicted octanol–water partition coefficient (Wildman–Crippen LogP) is 11.6. The van der Waals surface area contributed by atoms with Gasteiger partial charge < -0.3 is 89.9 Å². The Hall–Kier alpha value is -1.47. The van der Waals surface area contributed by atoms with E-state index in [2.05, 4.69) is 19.2 Å². The number of nitrogens with one attached hydrogen (secondary N) is 1. The van der Waals surface area contributed by atoms with Crippen LogP contribution in [0.25, 0.3) is 0 Å². The predicted molar refractivity (Wildman–Crippen MR) is 365 cm³/mol. The van der Waals surface area contributed by atoms with Gasteiger partial charge in [0.15, 0.2) is 18.9 Å². The van der Waals surface area contributed by atoms with E-state index in [0.717, 1.165) is 44.9 Å².